The number of aromatic nitrogens is 1. The van der Waals surface area contributed by atoms with Gasteiger partial charge in [-0.25, -0.2) is 0 Å². The highest BCUT2D eigenvalue weighted by molar-refractivity contribution is 5.84. The molecule has 0 unspecified atom stereocenters. The predicted octanol–water partition coefficient (Wildman–Crippen LogP) is 3.54. The van der Waals surface area contributed by atoms with Gasteiger partial charge in [0.15, 0.2) is 0 Å². The van der Waals surface area contributed by atoms with Crippen LogP contribution in [0.25, 0.3) is 11.3 Å². The van der Waals surface area contributed by atoms with E-state index in [4.69, 9.17) is 0 Å². The van der Waals surface area contributed by atoms with Crippen LogP contribution in [-0.4, -0.2) is 35.9 Å². The fraction of sp³-hybridized carbons (Fsp3) is 0.250. The van der Waals surface area contributed by atoms with Crippen LogP contribution in [0.2, 0.25) is 0 Å². The predicted molar refractivity (Wildman–Crippen MR) is 112 cm³/mol. The molecule has 1 aliphatic rings. The Labute approximate surface area is 166 Å². The van der Waals surface area contributed by atoms with Gasteiger partial charge in [-0.1, -0.05) is 60.7 Å². The topological polar surface area (TPSA) is 45.2 Å². The largest absolute Gasteiger partial charge is 0.359 e. The number of pyridine rings is 1. The average Bonchev–Trinajstić information content (AvgIpc) is 2.73. The molecule has 2 heterocycles. The van der Waals surface area contributed by atoms with Gasteiger partial charge in [-0.15, -0.1) is 0 Å². The molecule has 4 nitrogen and oxygen atoms in total. The van der Waals surface area contributed by atoms with Crippen molar-refractivity contribution in [3.05, 3.63) is 90.1 Å². The maximum atomic E-state index is 12.6. The number of nitrogens with one attached hydrogen (secondary N) is 1. The first-order chi connectivity index (χ1) is 13.7. The van der Waals surface area contributed by atoms with Crippen LogP contribution >= 0.6 is 0 Å². The van der Waals surface area contributed by atoms with E-state index in [1.807, 2.05) is 42.6 Å². The molecule has 0 aliphatic carbocycles. The van der Waals surface area contributed by atoms with Crippen LogP contribution in [0, 0.1) is 5.41 Å². The van der Waals surface area contributed by atoms with Gasteiger partial charge in [-0.2, -0.15) is 0 Å². The summed E-state index contributed by atoms with van der Waals surface area (Å²) in [4.78, 5) is 19.3. The van der Waals surface area contributed by atoms with E-state index in [1.54, 1.807) is 7.05 Å². The Kier molecular flexibility index (Phi) is 5.22. The van der Waals surface area contributed by atoms with Crippen LogP contribution in [0.1, 0.15) is 11.1 Å². The van der Waals surface area contributed by atoms with Gasteiger partial charge in [0.05, 0.1) is 11.1 Å². The van der Waals surface area contributed by atoms with Crippen molar-refractivity contribution in [1.29, 1.82) is 0 Å². The number of hydrogen-bond acceptors (Lipinski definition) is 3. The van der Waals surface area contributed by atoms with Gasteiger partial charge < -0.3 is 5.32 Å². The van der Waals surface area contributed by atoms with E-state index < -0.39 is 0 Å². The van der Waals surface area contributed by atoms with Gasteiger partial charge in [0.2, 0.25) is 5.91 Å². The fourth-order valence-electron chi connectivity index (χ4n) is 4.08. The SMILES string of the molecule is CNC(=O)C1(Cc2ccccc2)CN(Cc2ccc(-c3ccccn3)cc2)C1. The summed E-state index contributed by atoms with van der Waals surface area (Å²) in [6.45, 7) is 2.42. The van der Waals surface area contributed by atoms with E-state index in [1.165, 1.54) is 11.1 Å². The average molecular weight is 371 g/mol. The molecule has 0 saturated carbocycles. The normalized spacial score (nSPS) is 15.6. The minimum absolute atomic E-state index is 0.137. The van der Waals surface area contributed by atoms with E-state index in [-0.39, 0.29) is 11.3 Å². The molecule has 1 N–H and O–H groups in total. The molecule has 3 aromatic rings. The molecule has 0 spiro atoms. The summed E-state index contributed by atoms with van der Waals surface area (Å²) in [5, 5.41) is 2.87. The monoisotopic (exact) mass is 371 g/mol. The second kappa shape index (κ2) is 7.95. The lowest BCUT2D eigenvalue weighted by Crippen LogP contribution is -2.63. The Morgan fingerprint density at radius 3 is 2.32 bits per heavy atom. The van der Waals surface area contributed by atoms with Crippen molar-refractivity contribution in [3.8, 4) is 11.3 Å². The zero-order chi connectivity index (χ0) is 19.4. The number of hydrogen-bond donors (Lipinski definition) is 1. The third kappa shape index (κ3) is 3.82. The van der Waals surface area contributed by atoms with Crippen molar-refractivity contribution in [2.75, 3.05) is 20.1 Å². The third-order valence-electron chi connectivity index (χ3n) is 5.47. The second-order valence-corrected chi connectivity index (χ2v) is 7.58. The van der Waals surface area contributed by atoms with Crippen molar-refractivity contribution in [2.45, 2.75) is 13.0 Å². The highest BCUT2D eigenvalue weighted by Gasteiger charge is 2.48. The number of amides is 1. The van der Waals surface area contributed by atoms with Crippen molar-refractivity contribution >= 4 is 5.91 Å². The Morgan fingerprint density at radius 2 is 1.68 bits per heavy atom. The highest BCUT2D eigenvalue weighted by Crippen LogP contribution is 2.35. The van der Waals surface area contributed by atoms with Gasteiger partial charge in [0.1, 0.15) is 0 Å². The van der Waals surface area contributed by atoms with Crippen LogP contribution in [0.3, 0.4) is 0 Å². The zero-order valence-corrected chi connectivity index (χ0v) is 16.1. The Hall–Kier alpha value is -2.98. The van der Waals surface area contributed by atoms with E-state index in [9.17, 15) is 4.79 Å². The molecule has 4 heteroatoms. The van der Waals surface area contributed by atoms with Gasteiger partial charge in [-0.05, 0) is 29.7 Å². The summed E-state index contributed by atoms with van der Waals surface area (Å²) in [5.41, 5.74) is 4.25. The molecule has 1 saturated heterocycles. The van der Waals surface area contributed by atoms with Gasteiger partial charge in [0.25, 0.3) is 0 Å². The zero-order valence-electron chi connectivity index (χ0n) is 16.1. The maximum absolute atomic E-state index is 12.6. The van der Waals surface area contributed by atoms with E-state index in [0.717, 1.165) is 37.3 Å². The van der Waals surface area contributed by atoms with Crippen molar-refractivity contribution < 1.29 is 4.79 Å². The lowest BCUT2D eigenvalue weighted by atomic mass is 9.73. The van der Waals surface area contributed by atoms with Crippen molar-refractivity contribution in [2.24, 2.45) is 5.41 Å². The summed E-state index contributed by atoms with van der Waals surface area (Å²) in [5.74, 6) is 0.137. The van der Waals surface area contributed by atoms with Crippen LogP contribution in [-0.2, 0) is 17.8 Å². The quantitative estimate of drug-likeness (QED) is 0.721. The van der Waals surface area contributed by atoms with Gasteiger partial charge >= 0.3 is 0 Å². The molecule has 2 aromatic carbocycles. The molecular weight excluding hydrogens is 346 g/mol. The molecular formula is C24H25N3O. The summed E-state index contributed by atoms with van der Waals surface area (Å²) < 4.78 is 0. The summed E-state index contributed by atoms with van der Waals surface area (Å²) in [6, 6.07) is 24.8. The van der Waals surface area contributed by atoms with Crippen molar-refractivity contribution in [1.82, 2.24) is 15.2 Å². The van der Waals surface area contributed by atoms with Crippen LogP contribution in [0.5, 0.6) is 0 Å². The van der Waals surface area contributed by atoms with Crippen LogP contribution < -0.4 is 5.32 Å². The Bertz CT molecular complexity index is 917. The van der Waals surface area contributed by atoms with Crippen molar-refractivity contribution in [3.63, 3.8) is 0 Å². The number of carbonyl (C=O) groups is 1. The van der Waals surface area contributed by atoms with E-state index in [2.05, 4.69) is 51.6 Å². The first-order valence-electron chi connectivity index (χ1n) is 9.67. The molecule has 1 aliphatic heterocycles. The fourth-order valence-corrected chi connectivity index (χ4v) is 4.08. The van der Waals surface area contributed by atoms with Gasteiger partial charge in [0, 0.05) is 38.4 Å². The minimum atomic E-state index is -0.329. The standard InChI is InChI=1S/C24H25N3O/c1-25-23(28)24(15-19-7-3-2-4-8-19)17-27(18-24)16-20-10-12-21(13-11-20)22-9-5-6-14-26-22/h2-14H,15-18H2,1H3,(H,25,28). The summed E-state index contributed by atoms with van der Waals surface area (Å²) in [7, 11) is 1.73. The smallest absolute Gasteiger partial charge is 0.228 e. The maximum Gasteiger partial charge on any atom is 0.228 e. The summed E-state index contributed by atoms with van der Waals surface area (Å²) in [6.07, 6.45) is 2.59. The van der Waals surface area contributed by atoms with Gasteiger partial charge in [-0.3, -0.25) is 14.7 Å². The Morgan fingerprint density at radius 1 is 0.964 bits per heavy atom. The molecule has 1 amide bonds. The minimum Gasteiger partial charge on any atom is -0.359 e. The molecule has 0 atom stereocenters. The number of rotatable bonds is 6. The molecule has 142 valence electrons. The van der Waals surface area contributed by atoms with E-state index in [0.29, 0.717) is 0 Å². The first-order valence-corrected chi connectivity index (χ1v) is 9.67. The van der Waals surface area contributed by atoms with E-state index >= 15 is 0 Å². The molecule has 28 heavy (non-hydrogen) atoms. The highest BCUT2D eigenvalue weighted by atomic mass is 16.2. The number of likely N-dealkylation sites (tertiary alicyclic amines) is 1. The van der Waals surface area contributed by atoms with Crippen LogP contribution in [0.4, 0.5) is 0 Å². The summed E-state index contributed by atoms with van der Waals surface area (Å²) >= 11 is 0. The second-order valence-electron chi connectivity index (χ2n) is 7.58. The Balaban J connectivity index is 1.41. The number of carbonyl (C=O) groups excluding carboxylic acids is 1. The third-order valence-corrected chi connectivity index (χ3v) is 5.47. The molecule has 0 radical (unpaired) electrons. The number of nitrogens with zero attached hydrogens (tertiary/aromatic N) is 2. The van der Waals surface area contributed by atoms with Crippen LogP contribution in [0.15, 0.2) is 79.0 Å². The molecule has 1 fully saturated rings. The lowest BCUT2D eigenvalue weighted by molar-refractivity contribution is -0.141. The molecule has 4 rings (SSSR count). The lowest BCUT2D eigenvalue weighted by Gasteiger charge is -2.49. The molecule has 0 bridgehead atoms. The first kappa shape index (κ1) is 18.4. The number of benzene rings is 2. The molecule has 1 aromatic heterocycles.